The molecule has 3 amide bonds. The number of hydrogen-bond acceptors (Lipinski definition) is 5. The van der Waals surface area contributed by atoms with Crippen LogP contribution in [0.15, 0.2) is 47.1 Å². The van der Waals surface area contributed by atoms with Crippen molar-refractivity contribution in [3.63, 3.8) is 0 Å². The van der Waals surface area contributed by atoms with Crippen LogP contribution in [0.5, 0.6) is 5.75 Å². The summed E-state index contributed by atoms with van der Waals surface area (Å²) in [5.41, 5.74) is 5.51. The maximum atomic E-state index is 12.0. The molecule has 0 bridgehead atoms. The molecular formula is C16H17N3O5. The van der Waals surface area contributed by atoms with Gasteiger partial charge in [0.1, 0.15) is 5.75 Å². The van der Waals surface area contributed by atoms with Crippen molar-refractivity contribution < 1.29 is 23.5 Å². The molecule has 2 rings (SSSR count). The highest BCUT2D eigenvalue weighted by atomic mass is 16.5. The number of carbonyl (C=O) groups excluding carboxylic acids is 3. The van der Waals surface area contributed by atoms with Crippen molar-refractivity contribution in [3.8, 4) is 5.75 Å². The van der Waals surface area contributed by atoms with E-state index in [1.165, 1.54) is 24.3 Å². The van der Waals surface area contributed by atoms with Gasteiger partial charge in [0.25, 0.3) is 11.8 Å². The van der Waals surface area contributed by atoms with E-state index in [0.717, 1.165) is 0 Å². The number of nitrogens with zero attached hydrogens (tertiary/aromatic N) is 1. The van der Waals surface area contributed by atoms with Gasteiger partial charge in [0, 0.05) is 12.7 Å². The van der Waals surface area contributed by atoms with Crippen LogP contribution in [-0.2, 0) is 9.59 Å². The van der Waals surface area contributed by atoms with Crippen molar-refractivity contribution in [2.75, 3.05) is 25.5 Å². The van der Waals surface area contributed by atoms with Gasteiger partial charge in [0.15, 0.2) is 12.4 Å². The van der Waals surface area contributed by atoms with Gasteiger partial charge in [-0.1, -0.05) is 0 Å². The van der Waals surface area contributed by atoms with Gasteiger partial charge >= 0.3 is 0 Å². The van der Waals surface area contributed by atoms with Gasteiger partial charge in [-0.25, -0.2) is 0 Å². The SMILES string of the molecule is CN(CC(=O)Nc1ccc(OCC(N)=O)cc1)C(=O)c1ccco1. The summed E-state index contributed by atoms with van der Waals surface area (Å²) in [4.78, 5) is 35.8. The van der Waals surface area contributed by atoms with Gasteiger partial charge in [-0.05, 0) is 36.4 Å². The molecule has 0 saturated heterocycles. The fraction of sp³-hybridized carbons (Fsp3) is 0.188. The summed E-state index contributed by atoms with van der Waals surface area (Å²) in [7, 11) is 1.51. The lowest BCUT2D eigenvalue weighted by Gasteiger charge is -2.15. The zero-order chi connectivity index (χ0) is 17.5. The van der Waals surface area contributed by atoms with E-state index in [9.17, 15) is 14.4 Å². The first-order valence-corrected chi connectivity index (χ1v) is 7.05. The van der Waals surface area contributed by atoms with E-state index in [2.05, 4.69) is 5.32 Å². The van der Waals surface area contributed by atoms with E-state index in [1.54, 1.807) is 30.3 Å². The van der Waals surface area contributed by atoms with Crippen LogP contribution in [0.3, 0.4) is 0 Å². The van der Waals surface area contributed by atoms with E-state index in [1.807, 2.05) is 0 Å². The predicted molar refractivity (Wildman–Crippen MR) is 85.4 cm³/mol. The zero-order valence-electron chi connectivity index (χ0n) is 13.0. The Hall–Kier alpha value is -3.29. The standard InChI is InChI=1S/C16H17N3O5/c1-19(16(22)13-3-2-8-23-13)9-15(21)18-11-4-6-12(7-5-11)24-10-14(17)20/h2-8H,9-10H2,1H3,(H2,17,20)(H,18,21). The second kappa shape index (κ2) is 7.82. The summed E-state index contributed by atoms with van der Waals surface area (Å²) >= 11 is 0. The van der Waals surface area contributed by atoms with Crippen LogP contribution >= 0.6 is 0 Å². The van der Waals surface area contributed by atoms with Crippen molar-refractivity contribution in [2.45, 2.75) is 0 Å². The van der Waals surface area contributed by atoms with Gasteiger partial charge in [0.2, 0.25) is 5.91 Å². The Morgan fingerprint density at radius 1 is 1.21 bits per heavy atom. The van der Waals surface area contributed by atoms with Crippen LogP contribution in [0.25, 0.3) is 0 Å². The Labute approximate surface area is 138 Å². The highest BCUT2D eigenvalue weighted by Gasteiger charge is 2.17. The predicted octanol–water partition coefficient (Wildman–Crippen LogP) is 0.854. The van der Waals surface area contributed by atoms with Crippen molar-refractivity contribution in [3.05, 3.63) is 48.4 Å². The molecule has 8 nitrogen and oxygen atoms in total. The molecule has 0 radical (unpaired) electrons. The summed E-state index contributed by atoms with van der Waals surface area (Å²) in [6.07, 6.45) is 1.39. The number of ether oxygens (including phenoxy) is 1. The van der Waals surface area contributed by atoms with E-state index < -0.39 is 5.91 Å². The van der Waals surface area contributed by atoms with Crippen molar-refractivity contribution in [1.82, 2.24) is 4.90 Å². The monoisotopic (exact) mass is 331 g/mol. The number of hydrogen-bond donors (Lipinski definition) is 2. The van der Waals surface area contributed by atoms with Crippen LogP contribution in [-0.4, -0.2) is 42.8 Å². The fourth-order valence-corrected chi connectivity index (χ4v) is 1.87. The highest BCUT2D eigenvalue weighted by molar-refractivity contribution is 5.97. The molecule has 0 aliphatic rings. The number of amides is 3. The summed E-state index contributed by atoms with van der Waals surface area (Å²) in [6.45, 7) is -0.342. The lowest BCUT2D eigenvalue weighted by atomic mass is 10.3. The Bertz CT molecular complexity index is 710. The minimum absolute atomic E-state index is 0.126. The second-order valence-electron chi connectivity index (χ2n) is 4.97. The van der Waals surface area contributed by atoms with Crippen LogP contribution in [0.1, 0.15) is 10.6 Å². The number of anilines is 1. The number of benzene rings is 1. The molecule has 0 aliphatic carbocycles. The van der Waals surface area contributed by atoms with Crippen LogP contribution in [0, 0.1) is 0 Å². The molecule has 1 heterocycles. The Kier molecular flexibility index (Phi) is 5.56. The number of furan rings is 1. The van der Waals surface area contributed by atoms with Crippen molar-refractivity contribution >= 4 is 23.4 Å². The molecule has 0 unspecified atom stereocenters. The maximum Gasteiger partial charge on any atom is 0.289 e. The third-order valence-corrected chi connectivity index (χ3v) is 2.98. The van der Waals surface area contributed by atoms with Gasteiger partial charge in [-0.2, -0.15) is 0 Å². The number of carbonyl (C=O) groups is 3. The molecule has 8 heteroatoms. The van der Waals surface area contributed by atoms with Gasteiger partial charge in [-0.3, -0.25) is 14.4 Å². The molecule has 2 aromatic rings. The quantitative estimate of drug-likeness (QED) is 0.780. The van der Waals surface area contributed by atoms with Crippen LogP contribution in [0.4, 0.5) is 5.69 Å². The molecule has 24 heavy (non-hydrogen) atoms. The summed E-state index contributed by atoms with van der Waals surface area (Å²) in [5, 5.41) is 2.65. The highest BCUT2D eigenvalue weighted by Crippen LogP contribution is 2.15. The first-order valence-electron chi connectivity index (χ1n) is 7.05. The Morgan fingerprint density at radius 3 is 2.50 bits per heavy atom. The third kappa shape index (κ3) is 4.87. The van der Waals surface area contributed by atoms with Crippen LogP contribution < -0.4 is 15.8 Å². The van der Waals surface area contributed by atoms with Crippen LogP contribution in [0.2, 0.25) is 0 Å². The molecule has 0 spiro atoms. The van der Waals surface area contributed by atoms with E-state index in [0.29, 0.717) is 11.4 Å². The number of primary amides is 1. The lowest BCUT2D eigenvalue weighted by molar-refractivity contribution is -0.120. The summed E-state index contributed by atoms with van der Waals surface area (Å²) < 4.78 is 10.1. The average Bonchev–Trinajstić information content (AvgIpc) is 3.07. The lowest BCUT2D eigenvalue weighted by Crippen LogP contribution is -2.34. The normalized spacial score (nSPS) is 10.0. The molecule has 0 fully saturated rings. The molecule has 1 aromatic heterocycles. The van der Waals surface area contributed by atoms with Crippen molar-refractivity contribution in [1.29, 1.82) is 0 Å². The zero-order valence-corrected chi connectivity index (χ0v) is 13.0. The second-order valence-corrected chi connectivity index (χ2v) is 4.97. The van der Waals surface area contributed by atoms with E-state index >= 15 is 0 Å². The molecular weight excluding hydrogens is 314 g/mol. The average molecular weight is 331 g/mol. The molecule has 0 aliphatic heterocycles. The molecule has 0 saturated carbocycles. The third-order valence-electron chi connectivity index (χ3n) is 2.98. The summed E-state index contributed by atoms with van der Waals surface area (Å²) in [6, 6.07) is 9.54. The topological polar surface area (TPSA) is 115 Å². The molecule has 126 valence electrons. The van der Waals surface area contributed by atoms with Gasteiger partial charge < -0.3 is 25.1 Å². The summed E-state index contributed by atoms with van der Waals surface area (Å²) in [5.74, 6) is -0.691. The molecule has 0 atom stereocenters. The Balaban J connectivity index is 1.85. The minimum Gasteiger partial charge on any atom is -0.484 e. The first kappa shape index (κ1) is 17.1. The van der Waals surface area contributed by atoms with E-state index in [-0.39, 0.29) is 30.7 Å². The minimum atomic E-state index is -0.573. The molecule has 1 aromatic carbocycles. The first-order chi connectivity index (χ1) is 11.5. The molecule has 3 N–H and O–H groups in total. The Morgan fingerprint density at radius 2 is 1.92 bits per heavy atom. The number of nitrogens with two attached hydrogens (primary N) is 1. The largest absolute Gasteiger partial charge is 0.484 e. The van der Waals surface area contributed by atoms with Crippen molar-refractivity contribution in [2.24, 2.45) is 5.73 Å². The van der Waals surface area contributed by atoms with Gasteiger partial charge in [-0.15, -0.1) is 0 Å². The number of likely N-dealkylation sites (N-methyl/N-ethyl adjacent to an activating group) is 1. The fourth-order valence-electron chi connectivity index (χ4n) is 1.87. The number of nitrogens with one attached hydrogen (secondary N) is 1. The maximum absolute atomic E-state index is 12.0. The van der Waals surface area contributed by atoms with E-state index in [4.69, 9.17) is 14.9 Å². The number of rotatable bonds is 7. The smallest absolute Gasteiger partial charge is 0.289 e. The van der Waals surface area contributed by atoms with Gasteiger partial charge in [0.05, 0.1) is 12.8 Å².